The number of hydrogen-bond acceptors (Lipinski definition) is 5. The molecular weight excluding hydrogens is 576 g/mol. The van der Waals surface area contributed by atoms with Crippen LogP contribution in [0, 0.1) is 23.2 Å². The number of benzene rings is 2. The summed E-state index contributed by atoms with van der Waals surface area (Å²) < 4.78 is 5.81. The number of pyridine rings is 1. The molecule has 3 N–H and O–H groups in total. The van der Waals surface area contributed by atoms with Gasteiger partial charge in [-0.15, -0.1) is 0 Å². The van der Waals surface area contributed by atoms with Crippen LogP contribution in [-0.2, 0) is 27.3 Å². The third-order valence-electron chi connectivity index (χ3n) is 10.3. The van der Waals surface area contributed by atoms with Gasteiger partial charge in [-0.3, -0.25) is 19.4 Å². The Labute approximate surface area is 272 Å². The fourth-order valence-corrected chi connectivity index (χ4v) is 8.32. The van der Waals surface area contributed by atoms with Gasteiger partial charge in [0.15, 0.2) is 0 Å². The first-order valence-corrected chi connectivity index (χ1v) is 16.9. The van der Waals surface area contributed by atoms with Gasteiger partial charge in [0.2, 0.25) is 17.7 Å². The van der Waals surface area contributed by atoms with Crippen LogP contribution in [0.5, 0.6) is 5.75 Å². The summed E-state index contributed by atoms with van der Waals surface area (Å²) in [5, 5.41) is 9.04. The van der Waals surface area contributed by atoms with Gasteiger partial charge in [0, 0.05) is 42.9 Å². The molecule has 8 heteroatoms. The molecule has 8 nitrogen and oxygen atoms in total. The molecule has 7 rings (SSSR count). The molecule has 4 saturated carbocycles. The van der Waals surface area contributed by atoms with Crippen LogP contribution >= 0.6 is 0 Å². The Morgan fingerprint density at radius 1 is 0.804 bits per heavy atom. The van der Waals surface area contributed by atoms with E-state index in [1.165, 1.54) is 38.5 Å². The topological polar surface area (TPSA) is 109 Å². The molecule has 3 aromatic rings. The lowest BCUT2D eigenvalue weighted by molar-refractivity contribution is -0.129. The predicted octanol–water partition coefficient (Wildman–Crippen LogP) is 5.60. The monoisotopic (exact) mass is 622 g/mol. The van der Waals surface area contributed by atoms with Crippen molar-refractivity contribution >= 4 is 17.7 Å². The van der Waals surface area contributed by atoms with Gasteiger partial charge in [-0.2, -0.15) is 0 Å². The number of amides is 3. The summed E-state index contributed by atoms with van der Waals surface area (Å²) in [7, 11) is 0. The maximum absolute atomic E-state index is 12.7. The third kappa shape index (κ3) is 8.14. The van der Waals surface area contributed by atoms with E-state index < -0.39 is 0 Å². The smallest absolute Gasteiger partial charge is 0.226 e. The molecule has 4 bridgehead atoms. The predicted molar refractivity (Wildman–Crippen MR) is 178 cm³/mol. The zero-order valence-electron chi connectivity index (χ0n) is 26.8. The average molecular weight is 623 g/mol. The Morgan fingerprint density at radius 3 is 2.11 bits per heavy atom. The van der Waals surface area contributed by atoms with E-state index in [1.54, 1.807) is 6.20 Å². The molecule has 3 amide bonds. The molecule has 0 aliphatic heterocycles. The molecule has 1 atom stereocenters. The van der Waals surface area contributed by atoms with Gasteiger partial charge < -0.3 is 20.7 Å². The van der Waals surface area contributed by atoms with Crippen LogP contribution in [0.15, 0.2) is 72.9 Å². The number of nitrogens with zero attached hydrogens (tertiary/aromatic N) is 1. The first-order chi connectivity index (χ1) is 22.3. The summed E-state index contributed by atoms with van der Waals surface area (Å²) in [6.07, 6.45) is 10.3. The highest BCUT2D eigenvalue weighted by Gasteiger charge is 2.53. The molecule has 1 unspecified atom stereocenters. The van der Waals surface area contributed by atoms with E-state index in [-0.39, 0.29) is 48.4 Å². The minimum Gasteiger partial charge on any atom is -0.492 e. The van der Waals surface area contributed by atoms with Crippen molar-refractivity contribution in [2.75, 3.05) is 13.2 Å². The fourth-order valence-electron chi connectivity index (χ4n) is 8.32. The van der Waals surface area contributed by atoms with Gasteiger partial charge in [0.25, 0.3) is 0 Å². The van der Waals surface area contributed by atoms with Crippen molar-refractivity contribution in [1.29, 1.82) is 0 Å². The van der Waals surface area contributed by atoms with Crippen molar-refractivity contribution in [2.45, 2.75) is 77.3 Å². The quantitative estimate of drug-likeness (QED) is 0.203. The molecule has 1 heterocycles. The van der Waals surface area contributed by atoms with Crippen LogP contribution in [0.25, 0.3) is 11.1 Å². The van der Waals surface area contributed by atoms with Crippen molar-refractivity contribution in [3.8, 4) is 16.9 Å². The van der Waals surface area contributed by atoms with E-state index >= 15 is 0 Å². The Balaban J connectivity index is 0.858. The molecule has 0 saturated heterocycles. The maximum Gasteiger partial charge on any atom is 0.226 e. The Morgan fingerprint density at radius 2 is 1.46 bits per heavy atom. The standard InChI is InChI=1S/C38H46N4O4/c1-26(38-21-28-17-29(22-38)19-30(18-28)23-38)42-36(44)14-13-35(43)39-15-16-46-34-11-8-31(9-12-34)32-7-10-33(40-25-32)20-37(45)41-24-27-5-3-2-4-6-27/h2-12,25-26,28-30H,13-24H2,1H3,(H,39,43)(H,41,45)(H,42,44). The van der Waals surface area contributed by atoms with E-state index in [9.17, 15) is 14.4 Å². The number of rotatable bonds is 14. The van der Waals surface area contributed by atoms with Crippen LogP contribution in [0.3, 0.4) is 0 Å². The molecule has 4 fully saturated rings. The van der Waals surface area contributed by atoms with Crippen LogP contribution in [-0.4, -0.2) is 41.9 Å². The zero-order valence-corrected chi connectivity index (χ0v) is 26.8. The van der Waals surface area contributed by atoms with Crippen molar-refractivity contribution in [3.63, 3.8) is 0 Å². The molecule has 242 valence electrons. The SMILES string of the molecule is CC(NC(=O)CCC(=O)NCCOc1ccc(-c2ccc(CC(=O)NCc3ccccc3)nc2)cc1)C12CC3CC(CC(C3)C1)C2. The van der Waals surface area contributed by atoms with Crippen molar-refractivity contribution in [1.82, 2.24) is 20.9 Å². The molecule has 0 radical (unpaired) electrons. The molecule has 1 aromatic heterocycles. The Kier molecular flexibility index (Phi) is 10.0. The average Bonchev–Trinajstić information content (AvgIpc) is 3.05. The largest absolute Gasteiger partial charge is 0.492 e. The van der Waals surface area contributed by atoms with E-state index in [1.807, 2.05) is 66.7 Å². The van der Waals surface area contributed by atoms with E-state index in [2.05, 4.69) is 27.9 Å². The number of ether oxygens (including phenoxy) is 1. The first-order valence-electron chi connectivity index (χ1n) is 16.9. The molecular formula is C38H46N4O4. The molecule has 4 aliphatic rings. The number of carbonyl (C=O) groups excluding carboxylic acids is 3. The summed E-state index contributed by atoms with van der Waals surface area (Å²) >= 11 is 0. The number of aromatic nitrogens is 1. The summed E-state index contributed by atoms with van der Waals surface area (Å²) in [5.74, 6) is 3.03. The zero-order chi connectivity index (χ0) is 31.9. The summed E-state index contributed by atoms with van der Waals surface area (Å²) in [4.78, 5) is 41.8. The van der Waals surface area contributed by atoms with Gasteiger partial charge in [-0.25, -0.2) is 0 Å². The lowest BCUT2D eigenvalue weighted by atomic mass is 9.48. The lowest BCUT2D eigenvalue weighted by Crippen LogP contribution is -2.55. The first kappa shape index (κ1) is 31.8. The van der Waals surface area contributed by atoms with Gasteiger partial charge in [-0.05, 0) is 97.9 Å². The van der Waals surface area contributed by atoms with Crippen molar-refractivity contribution in [3.05, 3.63) is 84.2 Å². The van der Waals surface area contributed by atoms with E-state index in [4.69, 9.17) is 4.74 Å². The Hall–Kier alpha value is -4.20. The normalized spacial score (nSPS) is 23.4. The number of nitrogens with one attached hydrogen (secondary N) is 3. The van der Waals surface area contributed by atoms with E-state index in [0.717, 1.165) is 34.4 Å². The maximum atomic E-state index is 12.7. The fraction of sp³-hybridized carbons (Fsp3) is 0.474. The van der Waals surface area contributed by atoms with Crippen LogP contribution < -0.4 is 20.7 Å². The highest BCUT2D eigenvalue weighted by Crippen LogP contribution is 2.61. The highest BCUT2D eigenvalue weighted by molar-refractivity contribution is 5.83. The minimum absolute atomic E-state index is 0.0242. The van der Waals surface area contributed by atoms with Crippen LogP contribution in [0.4, 0.5) is 0 Å². The second kappa shape index (κ2) is 14.5. The minimum atomic E-state index is -0.138. The second-order valence-electron chi connectivity index (χ2n) is 13.8. The highest BCUT2D eigenvalue weighted by atomic mass is 16.5. The second-order valence-corrected chi connectivity index (χ2v) is 13.8. The Bertz CT molecular complexity index is 1450. The molecule has 46 heavy (non-hydrogen) atoms. The van der Waals surface area contributed by atoms with Gasteiger partial charge in [0.05, 0.1) is 13.0 Å². The van der Waals surface area contributed by atoms with Crippen molar-refractivity contribution in [2.24, 2.45) is 23.2 Å². The van der Waals surface area contributed by atoms with Gasteiger partial charge in [-0.1, -0.05) is 48.5 Å². The number of carbonyl (C=O) groups is 3. The lowest BCUT2D eigenvalue weighted by Gasteiger charge is -2.59. The van der Waals surface area contributed by atoms with E-state index in [0.29, 0.717) is 31.1 Å². The number of hydrogen-bond donors (Lipinski definition) is 3. The summed E-state index contributed by atoms with van der Waals surface area (Å²) in [5.41, 5.74) is 3.98. The molecule has 2 aromatic carbocycles. The van der Waals surface area contributed by atoms with Gasteiger partial charge in [0.1, 0.15) is 12.4 Å². The third-order valence-corrected chi connectivity index (χ3v) is 10.3. The summed E-state index contributed by atoms with van der Waals surface area (Å²) in [6.45, 7) is 3.38. The summed E-state index contributed by atoms with van der Waals surface area (Å²) in [6, 6.07) is 21.5. The molecule has 4 aliphatic carbocycles. The molecule has 0 spiro atoms. The van der Waals surface area contributed by atoms with Crippen molar-refractivity contribution < 1.29 is 19.1 Å². The van der Waals surface area contributed by atoms with Gasteiger partial charge >= 0.3 is 0 Å². The van der Waals surface area contributed by atoms with Crippen LogP contribution in [0.1, 0.15) is 69.5 Å². The van der Waals surface area contributed by atoms with Crippen LogP contribution in [0.2, 0.25) is 0 Å².